The van der Waals surface area contributed by atoms with E-state index in [2.05, 4.69) is 37.4 Å². The van der Waals surface area contributed by atoms with E-state index >= 15 is 0 Å². The molecular weight excluding hydrogens is 416 g/mol. The number of hydrogen-bond acceptors (Lipinski definition) is 3. The van der Waals surface area contributed by atoms with Crippen LogP contribution in [-0.2, 0) is 21.2 Å². The van der Waals surface area contributed by atoms with Gasteiger partial charge < -0.3 is 10.0 Å². The third-order valence-corrected chi connectivity index (χ3v) is 6.11. The molecule has 0 spiro atoms. The largest absolute Gasteiger partial charge is 0.388 e. The van der Waals surface area contributed by atoms with Crippen LogP contribution in [0.3, 0.4) is 0 Å². The quantitative estimate of drug-likeness (QED) is 0.264. The van der Waals surface area contributed by atoms with Gasteiger partial charge in [0, 0.05) is 24.0 Å². The molecule has 0 saturated heterocycles. The molecule has 4 nitrogen and oxygen atoms in total. The van der Waals surface area contributed by atoms with Gasteiger partial charge in [0.25, 0.3) is 0 Å². The molecule has 0 fully saturated rings. The first-order valence-corrected chi connectivity index (χ1v) is 11.6. The molecule has 0 bridgehead atoms. The van der Waals surface area contributed by atoms with Gasteiger partial charge >= 0.3 is 0 Å². The van der Waals surface area contributed by atoms with Crippen LogP contribution in [0.4, 0.5) is 11.4 Å². The molecule has 0 heterocycles. The third-order valence-electron chi connectivity index (χ3n) is 4.99. The minimum atomic E-state index is -1.42. The van der Waals surface area contributed by atoms with E-state index in [0.29, 0.717) is 10.6 Å². The molecule has 168 valence electrons. The number of nitrogens with one attached hydrogen (secondary N) is 2. The van der Waals surface area contributed by atoms with Crippen LogP contribution in [0.15, 0.2) is 89.9 Å². The summed E-state index contributed by atoms with van der Waals surface area (Å²) in [6.45, 7) is 12.1. The van der Waals surface area contributed by atoms with Crippen molar-refractivity contribution in [1.29, 1.82) is 0 Å². The van der Waals surface area contributed by atoms with Crippen molar-refractivity contribution in [3.63, 3.8) is 0 Å². The van der Waals surface area contributed by atoms with Crippen molar-refractivity contribution in [3.8, 4) is 0 Å². The van der Waals surface area contributed by atoms with E-state index in [4.69, 9.17) is 0 Å². The fourth-order valence-electron chi connectivity index (χ4n) is 3.22. The van der Waals surface area contributed by atoms with Crippen LogP contribution in [-0.4, -0.2) is 17.5 Å². The maximum Gasteiger partial charge on any atom is 0.150 e. The summed E-state index contributed by atoms with van der Waals surface area (Å²) in [5, 5.41) is 3.17. The van der Waals surface area contributed by atoms with Gasteiger partial charge in [-0.05, 0) is 65.5 Å². The molecule has 32 heavy (non-hydrogen) atoms. The molecule has 1 atom stereocenters. The average Bonchev–Trinajstić information content (AvgIpc) is 2.78. The first-order valence-electron chi connectivity index (χ1n) is 10.5. The molecule has 0 saturated carbocycles. The maximum atomic E-state index is 12.9. The lowest BCUT2D eigenvalue weighted by Gasteiger charge is -2.19. The number of aldehydes is 1. The lowest BCUT2D eigenvalue weighted by molar-refractivity contribution is -0.104. The Morgan fingerprint density at radius 2 is 1.78 bits per heavy atom. The van der Waals surface area contributed by atoms with Crippen LogP contribution in [0, 0.1) is 0 Å². The fraction of sp³-hybridized carbons (Fsp3) is 0.222. The Morgan fingerprint density at radius 3 is 2.31 bits per heavy atom. The van der Waals surface area contributed by atoms with Gasteiger partial charge in [0.15, 0.2) is 0 Å². The molecule has 0 aliphatic heterocycles. The van der Waals surface area contributed by atoms with E-state index in [0.717, 1.165) is 28.7 Å². The molecule has 0 amide bonds. The van der Waals surface area contributed by atoms with Gasteiger partial charge in [-0.1, -0.05) is 63.8 Å². The Morgan fingerprint density at radius 1 is 1.09 bits per heavy atom. The zero-order valence-electron chi connectivity index (χ0n) is 19.4. The minimum Gasteiger partial charge on any atom is -0.388 e. The molecule has 2 N–H and O–H groups in total. The molecule has 1 unspecified atom stereocenters. The molecule has 2 aromatic carbocycles. The van der Waals surface area contributed by atoms with Gasteiger partial charge in [-0.25, -0.2) is 4.21 Å². The number of hydrogen-bond donors (Lipinski definition) is 2. The summed E-state index contributed by atoms with van der Waals surface area (Å²) in [5.41, 5.74) is 5.24. The van der Waals surface area contributed by atoms with Crippen molar-refractivity contribution in [2.45, 2.75) is 38.0 Å². The summed E-state index contributed by atoms with van der Waals surface area (Å²) < 4.78 is 16.0. The van der Waals surface area contributed by atoms with Crippen molar-refractivity contribution in [2.24, 2.45) is 0 Å². The Kier molecular flexibility index (Phi) is 8.97. The van der Waals surface area contributed by atoms with Crippen molar-refractivity contribution in [3.05, 3.63) is 96.1 Å². The second-order valence-electron chi connectivity index (χ2n) is 8.21. The van der Waals surface area contributed by atoms with Crippen LogP contribution in [0.2, 0.25) is 0 Å². The van der Waals surface area contributed by atoms with E-state index in [9.17, 15) is 9.00 Å². The van der Waals surface area contributed by atoms with E-state index in [1.807, 2.05) is 74.7 Å². The molecule has 2 rings (SSSR count). The van der Waals surface area contributed by atoms with E-state index < -0.39 is 11.0 Å². The average molecular weight is 449 g/mol. The smallest absolute Gasteiger partial charge is 0.150 e. The first-order chi connectivity index (χ1) is 15.2. The summed E-state index contributed by atoms with van der Waals surface area (Å²) in [6, 6.07) is 13.5. The summed E-state index contributed by atoms with van der Waals surface area (Å²) >= 11 is 0. The van der Waals surface area contributed by atoms with E-state index in [1.165, 1.54) is 11.6 Å². The second-order valence-corrected chi connectivity index (χ2v) is 9.42. The van der Waals surface area contributed by atoms with Crippen LogP contribution in [0.5, 0.6) is 0 Å². The highest BCUT2D eigenvalue weighted by atomic mass is 32.2. The lowest BCUT2D eigenvalue weighted by atomic mass is 9.87. The van der Waals surface area contributed by atoms with Gasteiger partial charge in [0.2, 0.25) is 0 Å². The van der Waals surface area contributed by atoms with Gasteiger partial charge in [-0.3, -0.25) is 4.79 Å². The highest BCUT2D eigenvalue weighted by Crippen LogP contribution is 2.33. The summed E-state index contributed by atoms with van der Waals surface area (Å²) in [6.07, 6.45) is 9.65. The van der Waals surface area contributed by atoms with Crippen molar-refractivity contribution >= 4 is 34.2 Å². The number of carbonyl (C=O) groups excluding carboxylic acids is 1. The monoisotopic (exact) mass is 448 g/mol. The SMILES string of the molecule is C=C\C=C/C(=C\C)C(=C\C=O)/c1cc(NS(=O)c2ccc(C(C)(C)C)cc2)ccc1NC. The van der Waals surface area contributed by atoms with Gasteiger partial charge in [0.1, 0.15) is 17.3 Å². The number of anilines is 2. The van der Waals surface area contributed by atoms with Crippen molar-refractivity contribution in [2.75, 3.05) is 17.1 Å². The number of carbonyl (C=O) groups is 1. The maximum absolute atomic E-state index is 12.9. The number of rotatable bonds is 9. The molecule has 0 aliphatic carbocycles. The molecule has 2 aromatic rings. The fourth-order valence-corrected chi connectivity index (χ4v) is 4.06. The van der Waals surface area contributed by atoms with Crippen LogP contribution in [0.25, 0.3) is 5.57 Å². The third kappa shape index (κ3) is 6.41. The van der Waals surface area contributed by atoms with Gasteiger partial charge in [0.05, 0.1) is 4.90 Å². The van der Waals surface area contributed by atoms with Crippen LogP contribution in [0.1, 0.15) is 38.8 Å². The Hall–Kier alpha value is -3.18. The minimum absolute atomic E-state index is 0.0389. The zero-order valence-corrected chi connectivity index (χ0v) is 20.3. The van der Waals surface area contributed by atoms with E-state index in [1.54, 1.807) is 6.08 Å². The summed E-state index contributed by atoms with van der Waals surface area (Å²) in [7, 11) is 0.406. The predicted molar refractivity (Wildman–Crippen MR) is 138 cm³/mol. The van der Waals surface area contributed by atoms with Gasteiger partial charge in [-0.15, -0.1) is 0 Å². The first kappa shape index (κ1) is 25.1. The number of benzene rings is 2. The molecule has 0 radical (unpaired) electrons. The highest BCUT2D eigenvalue weighted by Gasteiger charge is 2.15. The van der Waals surface area contributed by atoms with Crippen molar-refractivity contribution < 1.29 is 9.00 Å². The van der Waals surface area contributed by atoms with Gasteiger partial charge in [-0.2, -0.15) is 0 Å². The standard InChI is InChI=1S/C27H32N2O2S/c1-7-9-10-20(8-2)24(17-18-30)25-19-22(13-16-26(25)28-6)29-32(31)23-14-11-21(12-15-23)27(3,4)5/h7-19,28-29H,1H2,2-6H3/b10-9-,20-8+,24-17+. The Labute approximate surface area is 194 Å². The predicted octanol–water partition coefficient (Wildman–Crippen LogP) is 6.43. The number of allylic oxidation sites excluding steroid dienone is 7. The van der Waals surface area contributed by atoms with Crippen molar-refractivity contribution in [1.82, 2.24) is 0 Å². The second kappa shape index (κ2) is 11.4. The Bertz CT molecular complexity index is 1070. The zero-order chi connectivity index (χ0) is 23.7. The highest BCUT2D eigenvalue weighted by molar-refractivity contribution is 7.86. The van der Waals surface area contributed by atoms with E-state index in [-0.39, 0.29) is 5.41 Å². The molecule has 0 aliphatic rings. The topological polar surface area (TPSA) is 58.2 Å². The molecule has 0 aromatic heterocycles. The molecule has 5 heteroatoms. The molecular formula is C27H32N2O2S. The van der Waals surface area contributed by atoms with Crippen LogP contribution >= 0.6 is 0 Å². The summed E-state index contributed by atoms with van der Waals surface area (Å²) in [5.74, 6) is 0. The summed E-state index contributed by atoms with van der Waals surface area (Å²) in [4.78, 5) is 12.1. The van der Waals surface area contributed by atoms with Crippen LogP contribution < -0.4 is 10.0 Å². The normalized spacial score (nSPS) is 13.7. The Balaban J connectivity index is 2.41. The lowest BCUT2D eigenvalue weighted by Crippen LogP contribution is -2.11.